The molecular weight excluding hydrogens is 198 g/mol. The van der Waals surface area contributed by atoms with Gasteiger partial charge in [-0.05, 0) is 20.3 Å². The van der Waals surface area contributed by atoms with E-state index in [9.17, 15) is 9.59 Å². The molecule has 1 saturated heterocycles. The number of carbonyl (C=O) groups excluding carboxylic acids is 2. The van der Waals surface area contributed by atoms with Gasteiger partial charge >= 0.3 is 5.97 Å². The average molecular weight is 215 g/mol. The summed E-state index contributed by atoms with van der Waals surface area (Å²) in [6, 6.07) is 0.0500. The number of esters is 1. The molecule has 0 aromatic heterocycles. The van der Waals surface area contributed by atoms with Gasteiger partial charge in [0.25, 0.3) is 5.91 Å². The Morgan fingerprint density at radius 3 is 2.60 bits per heavy atom. The van der Waals surface area contributed by atoms with Gasteiger partial charge < -0.3 is 14.8 Å². The van der Waals surface area contributed by atoms with Gasteiger partial charge in [-0.3, -0.25) is 4.79 Å². The van der Waals surface area contributed by atoms with Gasteiger partial charge in [0.2, 0.25) is 0 Å². The van der Waals surface area contributed by atoms with E-state index in [4.69, 9.17) is 9.47 Å². The molecule has 1 rings (SSSR count). The molecule has 0 bridgehead atoms. The third-order valence-corrected chi connectivity index (χ3v) is 1.86. The first-order valence-electron chi connectivity index (χ1n) is 5.18. The van der Waals surface area contributed by atoms with Crippen LogP contribution >= 0.6 is 0 Å². The molecule has 1 aliphatic rings. The van der Waals surface area contributed by atoms with Gasteiger partial charge in [-0.2, -0.15) is 0 Å². The zero-order chi connectivity index (χ0) is 11.4. The molecule has 0 spiro atoms. The van der Waals surface area contributed by atoms with Crippen molar-refractivity contribution in [1.82, 2.24) is 5.32 Å². The van der Waals surface area contributed by atoms with Crippen molar-refractivity contribution in [3.63, 3.8) is 0 Å². The lowest BCUT2D eigenvalue weighted by Gasteiger charge is -2.05. The van der Waals surface area contributed by atoms with Gasteiger partial charge in [-0.25, -0.2) is 4.79 Å². The normalized spacial score (nSPS) is 23.7. The van der Waals surface area contributed by atoms with E-state index in [1.807, 2.05) is 20.8 Å². The fraction of sp³-hybridized carbons (Fsp3) is 0.800. The standard InChI is InChI=1S/C10H17NO4/c1-4-5-14-10(13)8-7(15-8)9(12)11-6(2)3/h6-8H,4-5H2,1-3H3,(H,11,12). The van der Waals surface area contributed by atoms with E-state index in [1.54, 1.807) is 0 Å². The van der Waals surface area contributed by atoms with E-state index in [0.29, 0.717) is 6.61 Å². The van der Waals surface area contributed by atoms with E-state index in [1.165, 1.54) is 0 Å². The third kappa shape index (κ3) is 3.51. The molecule has 5 nitrogen and oxygen atoms in total. The number of nitrogens with one attached hydrogen (secondary N) is 1. The van der Waals surface area contributed by atoms with Gasteiger partial charge in [0.1, 0.15) is 0 Å². The van der Waals surface area contributed by atoms with Crippen LogP contribution in [0.4, 0.5) is 0 Å². The number of ether oxygens (including phenoxy) is 2. The molecule has 2 unspecified atom stereocenters. The van der Waals surface area contributed by atoms with Crippen LogP contribution in [0.15, 0.2) is 0 Å². The average Bonchev–Trinajstić information content (AvgIpc) is 2.92. The minimum atomic E-state index is -0.699. The van der Waals surface area contributed by atoms with Crippen molar-refractivity contribution < 1.29 is 19.1 Å². The fourth-order valence-electron chi connectivity index (χ4n) is 1.14. The highest BCUT2D eigenvalue weighted by atomic mass is 16.6. The van der Waals surface area contributed by atoms with Crippen molar-refractivity contribution in [2.75, 3.05) is 6.61 Å². The summed E-state index contributed by atoms with van der Waals surface area (Å²) >= 11 is 0. The molecule has 0 aromatic carbocycles. The van der Waals surface area contributed by atoms with E-state index in [-0.39, 0.29) is 11.9 Å². The number of rotatable bonds is 5. The van der Waals surface area contributed by atoms with Crippen molar-refractivity contribution >= 4 is 11.9 Å². The summed E-state index contributed by atoms with van der Waals surface area (Å²) in [4.78, 5) is 22.6. The quantitative estimate of drug-likeness (QED) is 0.526. The minimum Gasteiger partial charge on any atom is -0.464 e. The summed E-state index contributed by atoms with van der Waals surface area (Å²) < 4.78 is 9.81. The first-order chi connectivity index (χ1) is 7.06. The van der Waals surface area contributed by atoms with Crippen LogP contribution in [0.1, 0.15) is 27.2 Å². The van der Waals surface area contributed by atoms with Crippen LogP contribution in [-0.2, 0) is 19.1 Å². The molecule has 0 aromatic rings. The molecule has 0 radical (unpaired) electrons. The lowest BCUT2D eigenvalue weighted by atomic mass is 10.3. The lowest BCUT2D eigenvalue weighted by Crippen LogP contribution is -2.35. The topological polar surface area (TPSA) is 67.9 Å². The molecule has 86 valence electrons. The van der Waals surface area contributed by atoms with Gasteiger partial charge in [0.15, 0.2) is 12.2 Å². The molecule has 15 heavy (non-hydrogen) atoms. The molecule has 0 saturated carbocycles. The maximum atomic E-state index is 11.4. The predicted octanol–water partition coefficient (Wildman–Crippen LogP) is 0.232. The largest absolute Gasteiger partial charge is 0.464 e. The number of carbonyl (C=O) groups is 2. The molecule has 1 heterocycles. The Kier molecular flexibility index (Phi) is 4.08. The SMILES string of the molecule is CCCOC(=O)C1OC1C(=O)NC(C)C. The van der Waals surface area contributed by atoms with E-state index < -0.39 is 18.2 Å². The van der Waals surface area contributed by atoms with Crippen LogP contribution in [-0.4, -0.2) is 36.7 Å². The molecule has 1 N–H and O–H groups in total. The summed E-state index contributed by atoms with van der Waals surface area (Å²) in [5, 5.41) is 2.67. The second-order valence-electron chi connectivity index (χ2n) is 3.81. The molecule has 1 fully saturated rings. The Bertz CT molecular complexity index is 252. The first-order valence-corrected chi connectivity index (χ1v) is 5.18. The molecule has 1 amide bonds. The van der Waals surface area contributed by atoms with Crippen molar-refractivity contribution in [2.24, 2.45) is 0 Å². The van der Waals surface area contributed by atoms with E-state index in [2.05, 4.69) is 5.32 Å². The summed E-state index contributed by atoms with van der Waals surface area (Å²) in [5.74, 6) is -0.691. The maximum Gasteiger partial charge on any atom is 0.338 e. The summed E-state index contributed by atoms with van der Waals surface area (Å²) in [7, 11) is 0. The monoisotopic (exact) mass is 215 g/mol. The Morgan fingerprint density at radius 2 is 2.07 bits per heavy atom. The summed E-state index contributed by atoms with van der Waals surface area (Å²) in [6.45, 7) is 5.98. The van der Waals surface area contributed by atoms with Gasteiger partial charge in [0, 0.05) is 6.04 Å². The highest BCUT2D eigenvalue weighted by Crippen LogP contribution is 2.23. The Balaban J connectivity index is 2.27. The van der Waals surface area contributed by atoms with Crippen LogP contribution in [0, 0.1) is 0 Å². The molecule has 1 aliphatic heterocycles. The second kappa shape index (κ2) is 5.11. The minimum absolute atomic E-state index is 0.0500. The zero-order valence-electron chi connectivity index (χ0n) is 9.28. The summed E-state index contributed by atoms with van der Waals surface area (Å²) in [5.41, 5.74) is 0. The Hall–Kier alpha value is -1.10. The predicted molar refractivity (Wildman–Crippen MR) is 53.2 cm³/mol. The summed E-state index contributed by atoms with van der Waals surface area (Å²) in [6.07, 6.45) is -0.589. The lowest BCUT2D eigenvalue weighted by molar-refractivity contribution is -0.145. The zero-order valence-corrected chi connectivity index (χ0v) is 9.28. The van der Waals surface area contributed by atoms with Crippen molar-refractivity contribution in [3.8, 4) is 0 Å². The third-order valence-electron chi connectivity index (χ3n) is 1.86. The second-order valence-corrected chi connectivity index (χ2v) is 3.81. The van der Waals surface area contributed by atoms with E-state index >= 15 is 0 Å². The molecule has 5 heteroatoms. The maximum absolute atomic E-state index is 11.4. The van der Waals surface area contributed by atoms with Crippen molar-refractivity contribution in [2.45, 2.75) is 45.4 Å². The first kappa shape index (κ1) is 12.0. The van der Waals surface area contributed by atoms with Crippen molar-refractivity contribution in [3.05, 3.63) is 0 Å². The van der Waals surface area contributed by atoms with Gasteiger partial charge in [0.05, 0.1) is 6.61 Å². The fourth-order valence-corrected chi connectivity index (χ4v) is 1.14. The number of epoxide rings is 1. The highest BCUT2D eigenvalue weighted by molar-refractivity contribution is 5.92. The van der Waals surface area contributed by atoms with Crippen LogP contribution in [0.5, 0.6) is 0 Å². The van der Waals surface area contributed by atoms with Gasteiger partial charge in [-0.1, -0.05) is 6.92 Å². The molecule has 0 aliphatic carbocycles. The van der Waals surface area contributed by atoms with Crippen molar-refractivity contribution in [1.29, 1.82) is 0 Å². The molecule has 2 atom stereocenters. The molecular formula is C10H17NO4. The van der Waals surface area contributed by atoms with Crippen LogP contribution in [0.2, 0.25) is 0 Å². The Labute approximate surface area is 89.1 Å². The van der Waals surface area contributed by atoms with Crippen LogP contribution in [0.25, 0.3) is 0 Å². The van der Waals surface area contributed by atoms with Crippen LogP contribution < -0.4 is 5.32 Å². The number of hydrogen-bond donors (Lipinski definition) is 1. The van der Waals surface area contributed by atoms with E-state index in [0.717, 1.165) is 6.42 Å². The smallest absolute Gasteiger partial charge is 0.338 e. The van der Waals surface area contributed by atoms with Crippen LogP contribution in [0.3, 0.4) is 0 Å². The number of amides is 1. The van der Waals surface area contributed by atoms with Gasteiger partial charge in [-0.15, -0.1) is 0 Å². The highest BCUT2D eigenvalue weighted by Gasteiger charge is 2.51. The number of hydrogen-bond acceptors (Lipinski definition) is 4. The Morgan fingerprint density at radius 1 is 1.40 bits per heavy atom.